The third-order valence-corrected chi connectivity index (χ3v) is 5.08. The summed E-state index contributed by atoms with van der Waals surface area (Å²) >= 11 is 6.88. The summed E-state index contributed by atoms with van der Waals surface area (Å²) in [5, 5.41) is 0. The van der Waals surface area contributed by atoms with Crippen LogP contribution in [0.3, 0.4) is 0 Å². The lowest BCUT2D eigenvalue weighted by atomic mass is 9.79. The number of hydrogen-bond acceptors (Lipinski definition) is 1. The smallest absolute Gasteiger partial charge is 0.194 e. The molecule has 0 aromatic heterocycles. The fourth-order valence-corrected chi connectivity index (χ4v) is 3.29. The first-order valence-electron chi connectivity index (χ1n) is 6.75. The number of benzene rings is 2. The summed E-state index contributed by atoms with van der Waals surface area (Å²) in [6.45, 7) is 0. The Morgan fingerprint density at radius 2 is 1.85 bits per heavy atom. The van der Waals surface area contributed by atoms with E-state index in [0.717, 1.165) is 14.5 Å². The van der Waals surface area contributed by atoms with Crippen LogP contribution in [0.15, 0.2) is 51.4 Å². The Kier molecular flexibility index (Phi) is 4.08. The van der Waals surface area contributed by atoms with Gasteiger partial charge in [0.05, 0.1) is 0 Å². The number of ketones is 1. The van der Waals surface area contributed by atoms with Gasteiger partial charge in [-0.1, -0.05) is 56.5 Å². The van der Waals surface area contributed by atoms with E-state index in [0.29, 0.717) is 11.5 Å². The molecule has 0 amide bonds. The second-order valence-electron chi connectivity index (χ2n) is 5.21. The second kappa shape index (κ2) is 5.82. The molecule has 0 aliphatic heterocycles. The molecule has 2 aromatic rings. The van der Waals surface area contributed by atoms with Crippen LogP contribution in [0.1, 0.15) is 46.7 Å². The predicted octanol–water partition coefficient (Wildman–Crippen LogP) is 5.71. The molecule has 0 atom stereocenters. The van der Waals surface area contributed by atoms with E-state index in [1.54, 1.807) is 0 Å². The molecule has 2 aromatic carbocycles. The number of carbonyl (C=O) groups is 1. The van der Waals surface area contributed by atoms with Crippen molar-refractivity contribution in [1.29, 1.82) is 0 Å². The summed E-state index contributed by atoms with van der Waals surface area (Å²) in [4.78, 5) is 12.6. The third-order valence-electron chi connectivity index (χ3n) is 3.90. The summed E-state index contributed by atoms with van der Waals surface area (Å²) in [5.74, 6) is 0.716. The Hall–Kier alpha value is -0.930. The molecule has 0 unspecified atom stereocenters. The van der Waals surface area contributed by atoms with E-state index in [9.17, 15) is 4.79 Å². The molecule has 0 saturated heterocycles. The molecule has 0 heterocycles. The van der Waals surface area contributed by atoms with Gasteiger partial charge in [0.2, 0.25) is 0 Å². The highest BCUT2D eigenvalue weighted by Gasteiger charge is 2.21. The van der Waals surface area contributed by atoms with Crippen molar-refractivity contribution in [1.82, 2.24) is 0 Å². The van der Waals surface area contributed by atoms with E-state index in [2.05, 4.69) is 44.0 Å². The van der Waals surface area contributed by atoms with Crippen molar-refractivity contribution < 1.29 is 4.79 Å². The summed E-state index contributed by atoms with van der Waals surface area (Å²) in [7, 11) is 0. The quantitative estimate of drug-likeness (QED) is 0.610. The Balaban J connectivity index is 1.95. The highest BCUT2D eigenvalue weighted by molar-refractivity contribution is 9.11. The summed E-state index contributed by atoms with van der Waals surface area (Å²) in [6.07, 6.45) is 3.80. The van der Waals surface area contributed by atoms with Crippen LogP contribution in [0.2, 0.25) is 0 Å². The van der Waals surface area contributed by atoms with Crippen molar-refractivity contribution in [3.63, 3.8) is 0 Å². The van der Waals surface area contributed by atoms with E-state index < -0.39 is 0 Å². The zero-order chi connectivity index (χ0) is 14.1. The highest BCUT2D eigenvalue weighted by atomic mass is 79.9. The molecule has 102 valence electrons. The van der Waals surface area contributed by atoms with Gasteiger partial charge in [0.15, 0.2) is 5.78 Å². The van der Waals surface area contributed by atoms with Crippen molar-refractivity contribution in [3.05, 3.63) is 68.1 Å². The minimum Gasteiger partial charge on any atom is -0.289 e. The molecule has 3 rings (SSSR count). The monoisotopic (exact) mass is 392 g/mol. The topological polar surface area (TPSA) is 17.1 Å². The van der Waals surface area contributed by atoms with Crippen LogP contribution >= 0.6 is 31.9 Å². The zero-order valence-electron chi connectivity index (χ0n) is 10.9. The summed E-state index contributed by atoms with van der Waals surface area (Å²) in [6, 6.07) is 13.8. The second-order valence-corrected chi connectivity index (χ2v) is 6.98. The minimum absolute atomic E-state index is 0.0688. The third kappa shape index (κ3) is 2.75. The average Bonchev–Trinajstić information content (AvgIpc) is 2.39. The van der Waals surface area contributed by atoms with Crippen molar-refractivity contribution in [3.8, 4) is 0 Å². The lowest BCUT2D eigenvalue weighted by molar-refractivity contribution is 0.103. The Morgan fingerprint density at radius 1 is 1.05 bits per heavy atom. The maximum Gasteiger partial charge on any atom is 0.194 e. The standard InChI is InChI=1S/C17H14Br2O/c18-14-7-8-16(19)15(10-14)17(20)13-6-2-5-12(9-13)11-3-1-4-11/h2,5-11H,1,3-4H2. The predicted molar refractivity (Wildman–Crippen MR) is 88.3 cm³/mol. The van der Waals surface area contributed by atoms with Gasteiger partial charge < -0.3 is 0 Å². The summed E-state index contributed by atoms with van der Waals surface area (Å²) in [5.41, 5.74) is 2.77. The SMILES string of the molecule is O=C(c1cccc(C2CCC2)c1)c1cc(Br)ccc1Br. The molecule has 1 nitrogen and oxygen atoms in total. The zero-order valence-corrected chi connectivity index (χ0v) is 14.1. The van der Waals surface area contributed by atoms with Crippen LogP contribution in [0.5, 0.6) is 0 Å². The number of hydrogen-bond donors (Lipinski definition) is 0. The number of rotatable bonds is 3. The first kappa shape index (κ1) is 14.0. The number of halogens is 2. The Labute approximate surface area is 135 Å². The van der Waals surface area contributed by atoms with Crippen molar-refractivity contribution in [2.45, 2.75) is 25.2 Å². The highest BCUT2D eigenvalue weighted by Crippen LogP contribution is 2.36. The van der Waals surface area contributed by atoms with Crippen LogP contribution in [-0.2, 0) is 0 Å². The first-order valence-corrected chi connectivity index (χ1v) is 8.33. The van der Waals surface area contributed by atoms with Gasteiger partial charge in [-0.15, -0.1) is 0 Å². The molecule has 1 fully saturated rings. The minimum atomic E-state index is 0.0688. The van der Waals surface area contributed by atoms with Gasteiger partial charge >= 0.3 is 0 Å². The van der Waals surface area contributed by atoms with Gasteiger partial charge in [0.25, 0.3) is 0 Å². The van der Waals surface area contributed by atoms with Gasteiger partial charge in [-0.3, -0.25) is 4.79 Å². The first-order chi connectivity index (χ1) is 9.65. The van der Waals surface area contributed by atoms with Crippen LogP contribution < -0.4 is 0 Å². The van der Waals surface area contributed by atoms with E-state index >= 15 is 0 Å². The van der Waals surface area contributed by atoms with Crippen LogP contribution in [0, 0.1) is 0 Å². The maximum atomic E-state index is 12.6. The normalized spacial score (nSPS) is 14.9. The molecule has 0 spiro atoms. The molecular formula is C17H14Br2O. The van der Waals surface area contributed by atoms with E-state index in [4.69, 9.17) is 0 Å². The van der Waals surface area contributed by atoms with Crippen LogP contribution in [0.25, 0.3) is 0 Å². The van der Waals surface area contributed by atoms with Crippen molar-refractivity contribution >= 4 is 37.6 Å². The number of carbonyl (C=O) groups excluding carboxylic acids is 1. The Morgan fingerprint density at radius 3 is 2.55 bits per heavy atom. The molecule has 20 heavy (non-hydrogen) atoms. The molecule has 0 N–H and O–H groups in total. The van der Waals surface area contributed by atoms with Gasteiger partial charge in [-0.05, 0) is 48.6 Å². The largest absolute Gasteiger partial charge is 0.289 e. The fourth-order valence-electron chi connectivity index (χ4n) is 2.50. The van der Waals surface area contributed by atoms with Gasteiger partial charge in [0.1, 0.15) is 0 Å². The molecule has 1 saturated carbocycles. The fraction of sp³-hybridized carbons (Fsp3) is 0.235. The lowest BCUT2D eigenvalue weighted by Crippen LogP contribution is -2.10. The van der Waals surface area contributed by atoms with E-state index in [1.165, 1.54) is 24.8 Å². The molecule has 1 aliphatic carbocycles. The van der Waals surface area contributed by atoms with Crippen LogP contribution in [-0.4, -0.2) is 5.78 Å². The molecule has 0 bridgehead atoms. The summed E-state index contributed by atoms with van der Waals surface area (Å²) < 4.78 is 1.75. The van der Waals surface area contributed by atoms with Crippen molar-refractivity contribution in [2.75, 3.05) is 0 Å². The molecule has 1 aliphatic rings. The molecule has 0 radical (unpaired) electrons. The van der Waals surface area contributed by atoms with Crippen molar-refractivity contribution in [2.24, 2.45) is 0 Å². The van der Waals surface area contributed by atoms with Crippen LogP contribution in [0.4, 0.5) is 0 Å². The Bertz CT molecular complexity index is 660. The lowest BCUT2D eigenvalue weighted by Gasteiger charge is -2.26. The van der Waals surface area contributed by atoms with Gasteiger partial charge in [0, 0.05) is 20.1 Å². The maximum absolute atomic E-state index is 12.6. The van der Waals surface area contributed by atoms with E-state index in [-0.39, 0.29) is 5.78 Å². The molecular weight excluding hydrogens is 380 g/mol. The van der Waals surface area contributed by atoms with Gasteiger partial charge in [-0.2, -0.15) is 0 Å². The van der Waals surface area contributed by atoms with Gasteiger partial charge in [-0.25, -0.2) is 0 Å². The molecule has 3 heteroatoms. The van der Waals surface area contributed by atoms with E-state index in [1.807, 2.05) is 30.3 Å². The average molecular weight is 394 g/mol.